The highest BCUT2D eigenvalue weighted by Gasteiger charge is 2.13. The highest BCUT2D eigenvalue weighted by atomic mass is 79.9. The molecule has 0 aromatic heterocycles. The van der Waals surface area contributed by atoms with Gasteiger partial charge in [-0.3, -0.25) is 0 Å². The molecule has 0 unspecified atom stereocenters. The van der Waals surface area contributed by atoms with Crippen molar-refractivity contribution >= 4 is 33.4 Å². The van der Waals surface area contributed by atoms with E-state index in [1.807, 2.05) is 18.2 Å². The molecular weight excluding hydrogens is 253 g/mol. The Morgan fingerprint density at radius 3 is 2.92 bits per heavy atom. The molecule has 0 saturated heterocycles. The normalized spacial score (nSPS) is 15.4. The maximum Gasteiger partial charge on any atom is 0.217 e. The summed E-state index contributed by atoms with van der Waals surface area (Å²) in [6.45, 7) is 1.41. The highest BCUT2D eigenvalue weighted by molar-refractivity contribution is 9.10. The number of rotatable bonds is 1. The number of hydrogen-bond acceptors (Lipinski definition) is 2. The summed E-state index contributed by atoms with van der Waals surface area (Å²) in [6.07, 6.45) is 0. The predicted octanol–water partition coefficient (Wildman–Crippen LogP) is 2.88. The first kappa shape index (κ1) is 9.03. The van der Waals surface area contributed by atoms with Gasteiger partial charge in [-0.25, -0.2) is 4.99 Å². The number of benzene rings is 1. The van der Waals surface area contributed by atoms with Crippen molar-refractivity contribution in [1.82, 2.24) is 0 Å². The lowest BCUT2D eigenvalue weighted by Crippen LogP contribution is -2.01. The van der Waals surface area contributed by atoms with E-state index in [0.29, 0.717) is 17.5 Å². The minimum absolute atomic E-state index is 0.671. The minimum Gasteiger partial charge on any atom is -0.475 e. The Balaban J connectivity index is 2.40. The molecule has 13 heavy (non-hydrogen) atoms. The molecule has 2 rings (SSSR count). The van der Waals surface area contributed by atoms with Crippen LogP contribution >= 0.6 is 27.5 Å². The van der Waals surface area contributed by atoms with Gasteiger partial charge in [0.15, 0.2) is 0 Å². The van der Waals surface area contributed by atoms with Gasteiger partial charge in [0.1, 0.15) is 6.61 Å². The van der Waals surface area contributed by atoms with E-state index in [1.165, 1.54) is 0 Å². The van der Waals surface area contributed by atoms with E-state index in [2.05, 4.69) is 20.9 Å². The van der Waals surface area contributed by atoms with E-state index in [1.54, 1.807) is 0 Å². The molecule has 0 saturated carbocycles. The fourth-order valence-corrected chi connectivity index (χ4v) is 2.01. The van der Waals surface area contributed by atoms with Crippen LogP contribution in [0.2, 0.25) is 5.02 Å². The second-order valence-corrected chi connectivity index (χ2v) is 3.95. The van der Waals surface area contributed by atoms with Crippen molar-refractivity contribution in [1.29, 1.82) is 0 Å². The van der Waals surface area contributed by atoms with E-state index in [4.69, 9.17) is 16.3 Å². The summed E-state index contributed by atoms with van der Waals surface area (Å²) in [5.41, 5.74) is 0.960. The standard InChI is InChI=1S/C9H7BrClNO/c10-8-5-6(11)1-2-7(8)9-12-3-4-13-9/h1-2,5H,3-4H2. The van der Waals surface area contributed by atoms with E-state index in [0.717, 1.165) is 16.6 Å². The molecule has 0 bridgehead atoms. The Bertz CT molecular complexity index is 365. The Morgan fingerprint density at radius 2 is 2.31 bits per heavy atom. The third-order valence-corrected chi connectivity index (χ3v) is 2.64. The summed E-state index contributed by atoms with van der Waals surface area (Å²) < 4.78 is 6.25. The molecule has 0 fully saturated rings. The molecule has 0 N–H and O–H groups in total. The van der Waals surface area contributed by atoms with Gasteiger partial charge in [-0.15, -0.1) is 0 Å². The van der Waals surface area contributed by atoms with Crippen LogP contribution in [0.4, 0.5) is 0 Å². The largest absolute Gasteiger partial charge is 0.475 e. The molecule has 0 aliphatic carbocycles. The molecule has 1 heterocycles. The van der Waals surface area contributed by atoms with Crippen molar-refractivity contribution < 1.29 is 4.74 Å². The fourth-order valence-electron chi connectivity index (χ4n) is 1.16. The van der Waals surface area contributed by atoms with Crippen molar-refractivity contribution in [3.63, 3.8) is 0 Å². The molecule has 0 radical (unpaired) electrons. The van der Waals surface area contributed by atoms with E-state index >= 15 is 0 Å². The van der Waals surface area contributed by atoms with Crippen LogP contribution in [0.15, 0.2) is 27.7 Å². The molecule has 0 spiro atoms. The van der Waals surface area contributed by atoms with Crippen LogP contribution in [0.3, 0.4) is 0 Å². The summed E-state index contributed by atoms with van der Waals surface area (Å²) in [4.78, 5) is 4.22. The van der Waals surface area contributed by atoms with Crippen LogP contribution in [-0.2, 0) is 4.74 Å². The van der Waals surface area contributed by atoms with Crippen molar-refractivity contribution in [2.45, 2.75) is 0 Å². The Kier molecular flexibility index (Phi) is 2.56. The van der Waals surface area contributed by atoms with E-state index in [-0.39, 0.29) is 0 Å². The fraction of sp³-hybridized carbons (Fsp3) is 0.222. The summed E-state index contributed by atoms with van der Waals surface area (Å²) in [5.74, 6) is 0.698. The number of halogens is 2. The van der Waals surface area contributed by atoms with Gasteiger partial charge in [0.25, 0.3) is 0 Å². The maximum absolute atomic E-state index is 5.81. The summed E-state index contributed by atoms with van der Waals surface area (Å²) in [6, 6.07) is 5.56. The van der Waals surface area contributed by atoms with Crippen molar-refractivity contribution in [2.75, 3.05) is 13.2 Å². The zero-order valence-corrected chi connectivity index (χ0v) is 9.10. The summed E-state index contributed by atoms with van der Waals surface area (Å²) >= 11 is 9.22. The number of aliphatic imine (C=N–C) groups is 1. The van der Waals surface area contributed by atoms with Crippen LogP contribution < -0.4 is 0 Å². The topological polar surface area (TPSA) is 21.6 Å². The highest BCUT2D eigenvalue weighted by Crippen LogP contribution is 2.23. The maximum atomic E-state index is 5.81. The molecule has 4 heteroatoms. The smallest absolute Gasteiger partial charge is 0.217 e. The number of hydrogen-bond donors (Lipinski definition) is 0. The molecule has 1 aliphatic rings. The van der Waals surface area contributed by atoms with E-state index < -0.39 is 0 Å². The lowest BCUT2D eigenvalue weighted by molar-refractivity contribution is 0.348. The van der Waals surface area contributed by atoms with E-state index in [9.17, 15) is 0 Å². The van der Waals surface area contributed by atoms with Crippen molar-refractivity contribution in [2.24, 2.45) is 4.99 Å². The minimum atomic E-state index is 0.671. The zero-order valence-electron chi connectivity index (χ0n) is 6.76. The molecule has 1 aliphatic heterocycles. The molecule has 2 nitrogen and oxygen atoms in total. The summed E-state index contributed by atoms with van der Waals surface area (Å²) in [5, 5.41) is 0.703. The van der Waals surface area contributed by atoms with Gasteiger partial charge < -0.3 is 4.74 Å². The Labute approximate surface area is 89.7 Å². The second kappa shape index (κ2) is 3.68. The van der Waals surface area contributed by atoms with Gasteiger partial charge in [0, 0.05) is 9.50 Å². The van der Waals surface area contributed by atoms with Crippen LogP contribution in [0, 0.1) is 0 Å². The van der Waals surface area contributed by atoms with Crippen molar-refractivity contribution in [3.8, 4) is 0 Å². The summed E-state index contributed by atoms with van der Waals surface area (Å²) in [7, 11) is 0. The van der Waals surface area contributed by atoms with Gasteiger partial charge in [-0.05, 0) is 34.1 Å². The molecule has 68 valence electrons. The van der Waals surface area contributed by atoms with Gasteiger partial charge in [-0.1, -0.05) is 11.6 Å². The number of ether oxygens (including phenoxy) is 1. The quantitative estimate of drug-likeness (QED) is 0.761. The molecule has 0 atom stereocenters. The Hall–Kier alpha value is -0.540. The first-order chi connectivity index (χ1) is 6.27. The van der Waals surface area contributed by atoms with Gasteiger partial charge in [-0.2, -0.15) is 0 Å². The average molecular weight is 261 g/mol. The lowest BCUT2D eigenvalue weighted by Gasteiger charge is -2.04. The number of nitrogens with zero attached hydrogens (tertiary/aromatic N) is 1. The van der Waals surface area contributed by atoms with Crippen LogP contribution in [0.25, 0.3) is 0 Å². The molecule has 1 aromatic carbocycles. The van der Waals surface area contributed by atoms with Crippen LogP contribution in [0.5, 0.6) is 0 Å². The lowest BCUT2D eigenvalue weighted by atomic mass is 10.2. The average Bonchev–Trinajstić information content (AvgIpc) is 2.56. The SMILES string of the molecule is Clc1ccc(C2=NCCO2)c(Br)c1. The molecule has 1 aromatic rings. The van der Waals surface area contributed by atoms with Gasteiger partial charge >= 0.3 is 0 Å². The third kappa shape index (κ3) is 1.86. The zero-order chi connectivity index (χ0) is 9.26. The third-order valence-electron chi connectivity index (χ3n) is 1.75. The second-order valence-electron chi connectivity index (χ2n) is 2.66. The van der Waals surface area contributed by atoms with Crippen LogP contribution in [-0.4, -0.2) is 19.0 Å². The van der Waals surface area contributed by atoms with Crippen molar-refractivity contribution in [3.05, 3.63) is 33.3 Å². The Morgan fingerprint density at radius 1 is 1.46 bits per heavy atom. The van der Waals surface area contributed by atoms with Crippen LogP contribution in [0.1, 0.15) is 5.56 Å². The predicted molar refractivity (Wildman–Crippen MR) is 56.5 cm³/mol. The first-order valence-electron chi connectivity index (χ1n) is 3.90. The molecule has 0 amide bonds. The molecular formula is C9H7BrClNO. The van der Waals surface area contributed by atoms with Gasteiger partial charge in [0.2, 0.25) is 5.90 Å². The van der Waals surface area contributed by atoms with Gasteiger partial charge in [0.05, 0.1) is 12.1 Å². The first-order valence-corrected chi connectivity index (χ1v) is 5.07. The monoisotopic (exact) mass is 259 g/mol.